The van der Waals surface area contributed by atoms with Crippen molar-refractivity contribution in [2.45, 2.75) is 6.92 Å². The highest BCUT2D eigenvalue weighted by Gasteiger charge is 2.15. The minimum Gasteiger partial charge on any atom is -0.258 e. The molecule has 0 fully saturated rings. The van der Waals surface area contributed by atoms with E-state index in [-0.39, 0.29) is 11.6 Å². The lowest BCUT2D eigenvalue weighted by Crippen LogP contribution is -2.42. The first kappa shape index (κ1) is 11.8. The molecule has 2 aromatic rings. The van der Waals surface area contributed by atoms with E-state index in [0.717, 1.165) is 5.69 Å². The van der Waals surface area contributed by atoms with E-state index in [1.807, 2.05) is 6.92 Å². The highest BCUT2D eigenvalue weighted by Crippen LogP contribution is 2.11. The maximum Gasteiger partial charge on any atom is 0.345 e. The molecule has 6 nitrogen and oxygen atoms in total. The van der Waals surface area contributed by atoms with Crippen LogP contribution in [0.25, 0.3) is 0 Å². The van der Waals surface area contributed by atoms with Crippen LogP contribution < -0.4 is 4.57 Å². The van der Waals surface area contributed by atoms with Gasteiger partial charge in [0.05, 0.1) is 10.5 Å². The van der Waals surface area contributed by atoms with Crippen LogP contribution in [0.1, 0.15) is 16.1 Å². The van der Waals surface area contributed by atoms with Gasteiger partial charge < -0.3 is 0 Å². The Morgan fingerprint density at radius 3 is 2.44 bits per heavy atom. The molecule has 0 radical (unpaired) electrons. The summed E-state index contributed by atoms with van der Waals surface area (Å²) in [5.41, 5.74) is 1.14. The third-order valence-corrected chi connectivity index (χ3v) is 2.42. The van der Waals surface area contributed by atoms with E-state index >= 15 is 0 Å². The largest absolute Gasteiger partial charge is 0.345 e. The van der Waals surface area contributed by atoms with Gasteiger partial charge in [-0.25, -0.2) is 4.79 Å². The summed E-state index contributed by atoms with van der Waals surface area (Å²) >= 11 is 0. The lowest BCUT2D eigenvalue weighted by atomic mass is 10.2. The normalized spacial score (nSPS) is 10.1. The van der Waals surface area contributed by atoms with Gasteiger partial charge in [-0.2, -0.15) is 4.57 Å². The Bertz CT molecular complexity index is 591. The molecule has 0 unspecified atom stereocenters. The van der Waals surface area contributed by atoms with E-state index in [4.69, 9.17) is 0 Å². The first-order valence-electron chi connectivity index (χ1n) is 5.21. The second kappa shape index (κ2) is 4.70. The lowest BCUT2D eigenvalue weighted by molar-refractivity contribution is -0.574. The van der Waals surface area contributed by atoms with Crippen LogP contribution >= 0.6 is 0 Å². The zero-order valence-corrected chi connectivity index (χ0v) is 9.61. The van der Waals surface area contributed by atoms with Crippen molar-refractivity contribution in [2.75, 3.05) is 0 Å². The lowest BCUT2D eigenvalue weighted by Gasteiger charge is -1.97. The fourth-order valence-corrected chi connectivity index (χ4v) is 1.42. The van der Waals surface area contributed by atoms with Crippen LogP contribution in [0.5, 0.6) is 0 Å². The molecule has 0 atom stereocenters. The van der Waals surface area contributed by atoms with Crippen molar-refractivity contribution >= 4 is 11.6 Å². The maximum atomic E-state index is 12.0. The molecule has 6 heteroatoms. The number of non-ortho nitro benzene ring substituents is 1. The molecule has 0 saturated heterocycles. The minimum absolute atomic E-state index is 0.0430. The summed E-state index contributed by atoms with van der Waals surface area (Å²) in [6.45, 7) is 1.82. The molecular formula is C12H10N3O3+. The Kier molecular flexibility index (Phi) is 3.09. The molecular weight excluding hydrogens is 234 g/mol. The number of nitro groups is 1. The fourth-order valence-electron chi connectivity index (χ4n) is 1.42. The molecule has 1 heterocycles. The molecule has 0 aliphatic rings. The van der Waals surface area contributed by atoms with Gasteiger partial charge >= 0.3 is 5.91 Å². The number of nitro benzene ring substituents is 1. The fraction of sp³-hybridized carbons (Fsp3) is 0.0833. The van der Waals surface area contributed by atoms with Crippen LogP contribution in [-0.2, 0) is 0 Å². The monoisotopic (exact) mass is 244 g/mol. The molecule has 18 heavy (non-hydrogen) atoms. The quantitative estimate of drug-likeness (QED) is 0.453. The third kappa shape index (κ3) is 2.37. The molecule has 0 aliphatic carbocycles. The molecule has 0 bridgehead atoms. The van der Waals surface area contributed by atoms with Gasteiger partial charge in [0.1, 0.15) is 6.20 Å². The number of rotatable bonds is 2. The smallest absolute Gasteiger partial charge is 0.258 e. The molecule has 1 aromatic carbocycles. The number of hydrogen-bond acceptors (Lipinski definition) is 4. The zero-order valence-electron chi connectivity index (χ0n) is 9.61. The maximum absolute atomic E-state index is 12.0. The average Bonchev–Trinajstić information content (AvgIpc) is 2.39. The highest BCUT2D eigenvalue weighted by atomic mass is 16.6. The van der Waals surface area contributed by atoms with Crippen LogP contribution in [0, 0.1) is 17.0 Å². The summed E-state index contributed by atoms with van der Waals surface area (Å²) < 4.78 is 1.33. The topological polar surface area (TPSA) is 77.0 Å². The zero-order chi connectivity index (χ0) is 13.1. The van der Waals surface area contributed by atoms with Crippen molar-refractivity contribution in [2.24, 2.45) is 0 Å². The Hall–Kier alpha value is -2.63. The van der Waals surface area contributed by atoms with Crippen LogP contribution in [0.4, 0.5) is 5.69 Å². The number of nitrogens with zero attached hydrogens (tertiary/aromatic N) is 3. The Morgan fingerprint density at radius 2 is 1.94 bits per heavy atom. The van der Waals surface area contributed by atoms with Gasteiger partial charge in [0.15, 0.2) is 5.69 Å². The van der Waals surface area contributed by atoms with E-state index in [2.05, 4.69) is 4.98 Å². The molecule has 0 saturated carbocycles. The van der Waals surface area contributed by atoms with E-state index in [1.54, 1.807) is 12.3 Å². The second-order valence-electron chi connectivity index (χ2n) is 3.72. The summed E-state index contributed by atoms with van der Waals surface area (Å²) in [5.74, 6) is -0.280. The predicted octanol–water partition coefficient (Wildman–Crippen LogP) is 1.27. The van der Waals surface area contributed by atoms with Gasteiger partial charge in [0.25, 0.3) is 12.0 Å². The van der Waals surface area contributed by atoms with Crippen molar-refractivity contribution in [1.29, 1.82) is 0 Å². The molecule has 0 aliphatic heterocycles. The molecule has 0 spiro atoms. The second-order valence-corrected chi connectivity index (χ2v) is 3.72. The number of carbonyl (C=O) groups excluding carboxylic acids is 1. The average molecular weight is 244 g/mol. The number of aromatic nitrogens is 2. The van der Waals surface area contributed by atoms with Crippen molar-refractivity contribution < 1.29 is 14.3 Å². The number of benzene rings is 1. The van der Waals surface area contributed by atoms with Crippen molar-refractivity contribution in [1.82, 2.24) is 4.98 Å². The van der Waals surface area contributed by atoms with Crippen LogP contribution in [0.3, 0.4) is 0 Å². The SMILES string of the molecule is Cc1cc[n+](C(=O)c2ccc([N+](=O)[O-])cc2)cn1. The summed E-state index contributed by atoms with van der Waals surface area (Å²) in [7, 11) is 0. The van der Waals surface area contributed by atoms with Gasteiger partial charge in [-0.15, -0.1) is 0 Å². The summed E-state index contributed by atoms with van der Waals surface area (Å²) in [6.07, 6.45) is 3.02. The molecule has 90 valence electrons. The predicted molar refractivity (Wildman–Crippen MR) is 62.0 cm³/mol. The molecule has 2 rings (SSSR count). The van der Waals surface area contributed by atoms with E-state index in [1.165, 1.54) is 35.2 Å². The van der Waals surface area contributed by atoms with Crippen molar-refractivity contribution in [3.05, 3.63) is 64.2 Å². The summed E-state index contributed by atoms with van der Waals surface area (Å²) in [4.78, 5) is 26.0. The van der Waals surface area contributed by atoms with E-state index in [9.17, 15) is 14.9 Å². The van der Waals surface area contributed by atoms with Gasteiger partial charge in [-0.1, -0.05) is 4.98 Å². The van der Waals surface area contributed by atoms with Gasteiger partial charge in [-0.05, 0) is 12.1 Å². The number of hydrogen-bond donors (Lipinski definition) is 0. The highest BCUT2D eigenvalue weighted by molar-refractivity contribution is 5.87. The Balaban J connectivity index is 2.28. The number of aryl methyl sites for hydroxylation is 1. The minimum atomic E-state index is -0.505. The van der Waals surface area contributed by atoms with Crippen LogP contribution in [-0.4, -0.2) is 15.8 Å². The van der Waals surface area contributed by atoms with Gasteiger partial charge in [0.2, 0.25) is 0 Å². The summed E-state index contributed by atoms with van der Waals surface area (Å²) in [6, 6.07) is 7.16. The van der Waals surface area contributed by atoms with E-state index < -0.39 is 4.92 Å². The Labute approximate surface area is 103 Å². The van der Waals surface area contributed by atoms with Gasteiger partial charge in [-0.3, -0.25) is 10.1 Å². The van der Waals surface area contributed by atoms with Crippen molar-refractivity contribution in [3.8, 4) is 0 Å². The van der Waals surface area contributed by atoms with Crippen molar-refractivity contribution in [3.63, 3.8) is 0 Å². The first-order valence-corrected chi connectivity index (χ1v) is 5.21. The van der Waals surface area contributed by atoms with Crippen LogP contribution in [0.2, 0.25) is 0 Å². The Morgan fingerprint density at radius 1 is 1.28 bits per heavy atom. The van der Waals surface area contributed by atoms with E-state index in [0.29, 0.717) is 5.56 Å². The van der Waals surface area contributed by atoms with Gasteiger partial charge in [0, 0.05) is 25.1 Å². The number of carbonyl (C=O) groups is 1. The molecule has 0 amide bonds. The first-order chi connectivity index (χ1) is 8.58. The standard InChI is InChI=1S/C12H10N3O3/c1-9-6-7-14(8-13-9)12(16)10-2-4-11(5-3-10)15(17)18/h2-8H,1H3/q+1. The van der Waals surface area contributed by atoms with Crippen LogP contribution in [0.15, 0.2) is 42.9 Å². The molecule has 0 N–H and O–H groups in total. The third-order valence-electron chi connectivity index (χ3n) is 2.42. The summed E-state index contributed by atoms with van der Waals surface area (Å²) in [5, 5.41) is 10.5. The molecule has 1 aromatic heterocycles.